The highest BCUT2D eigenvalue weighted by molar-refractivity contribution is 5.55. The van der Waals surface area contributed by atoms with Crippen molar-refractivity contribution in [2.24, 2.45) is 0 Å². The smallest absolute Gasteiger partial charge is 0.189 e. The van der Waals surface area contributed by atoms with Gasteiger partial charge in [-0.05, 0) is 36.8 Å². The van der Waals surface area contributed by atoms with Crippen molar-refractivity contribution in [3.8, 4) is 17.1 Å². The van der Waals surface area contributed by atoms with Crippen molar-refractivity contribution in [2.45, 2.75) is 13.0 Å². The Balaban J connectivity index is 1.54. The fourth-order valence-corrected chi connectivity index (χ4v) is 1.70. The molecule has 104 valence electrons. The fraction of sp³-hybridized carbons (Fsp3) is 0.333. The molecule has 1 fully saturated rings. The molecule has 5 nitrogen and oxygen atoms in total. The summed E-state index contributed by atoms with van der Waals surface area (Å²) in [6.45, 7) is 3.59. The predicted molar refractivity (Wildman–Crippen MR) is 73.4 cm³/mol. The van der Waals surface area contributed by atoms with Crippen LogP contribution in [0, 0.1) is 6.92 Å². The van der Waals surface area contributed by atoms with Crippen molar-refractivity contribution >= 4 is 0 Å². The maximum atomic E-state index is 5.48. The summed E-state index contributed by atoms with van der Waals surface area (Å²) in [5.74, 6) is 1.47. The van der Waals surface area contributed by atoms with Gasteiger partial charge in [0.25, 0.3) is 0 Å². The molecule has 1 unspecified atom stereocenters. The molecule has 5 heteroatoms. The van der Waals surface area contributed by atoms with Gasteiger partial charge in [0.1, 0.15) is 11.9 Å². The molecule has 0 amide bonds. The second-order valence-corrected chi connectivity index (χ2v) is 4.70. The van der Waals surface area contributed by atoms with Crippen LogP contribution in [0.2, 0.25) is 0 Å². The summed E-state index contributed by atoms with van der Waals surface area (Å²) >= 11 is 0. The molecule has 1 aliphatic rings. The Morgan fingerprint density at radius 1 is 1.20 bits per heavy atom. The number of hydrogen-bond donors (Lipinski definition) is 0. The van der Waals surface area contributed by atoms with Gasteiger partial charge in [-0.3, -0.25) is 0 Å². The minimum absolute atomic E-state index is 0.236. The summed E-state index contributed by atoms with van der Waals surface area (Å²) < 4.78 is 15.8. The lowest BCUT2D eigenvalue weighted by atomic mass is 10.2. The van der Waals surface area contributed by atoms with Crippen molar-refractivity contribution in [1.82, 2.24) is 9.97 Å². The molecule has 0 N–H and O–H groups in total. The Hall–Kier alpha value is -1.98. The van der Waals surface area contributed by atoms with E-state index in [0.717, 1.165) is 23.5 Å². The van der Waals surface area contributed by atoms with Gasteiger partial charge in [0.2, 0.25) is 0 Å². The lowest BCUT2D eigenvalue weighted by Gasteiger charge is -2.07. The molecule has 2 heterocycles. The average Bonchev–Trinajstić information content (AvgIpc) is 3.29. The summed E-state index contributed by atoms with van der Waals surface area (Å²) in [7, 11) is 0. The molecule has 0 saturated carbocycles. The van der Waals surface area contributed by atoms with Crippen LogP contribution in [0.3, 0.4) is 0 Å². The largest absolute Gasteiger partial charge is 0.468 e. The number of aryl methyl sites for hydroxylation is 1. The zero-order valence-corrected chi connectivity index (χ0v) is 11.3. The summed E-state index contributed by atoms with van der Waals surface area (Å²) in [6, 6.07) is 7.64. The van der Waals surface area contributed by atoms with E-state index in [2.05, 4.69) is 9.97 Å². The summed E-state index contributed by atoms with van der Waals surface area (Å²) in [6.07, 6.45) is 3.88. The van der Waals surface area contributed by atoms with Crippen molar-refractivity contribution in [1.29, 1.82) is 0 Å². The van der Waals surface area contributed by atoms with Gasteiger partial charge in [-0.15, -0.1) is 0 Å². The first-order valence-electron chi connectivity index (χ1n) is 6.52. The van der Waals surface area contributed by atoms with Gasteiger partial charge in [0, 0.05) is 18.0 Å². The molecule has 3 rings (SSSR count). The van der Waals surface area contributed by atoms with Gasteiger partial charge in [0.15, 0.2) is 12.6 Å². The zero-order valence-electron chi connectivity index (χ0n) is 11.3. The van der Waals surface area contributed by atoms with Crippen LogP contribution in [-0.2, 0) is 9.47 Å². The number of ether oxygens (including phenoxy) is 3. The number of hydrogen-bond acceptors (Lipinski definition) is 5. The summed E-state index contributed by atoms with van der Waals surface area (Å²) in [4.78, 5) is 8.58. The SMILES string of the molecule is Cc1cnc(-c2ccc(OCOCC3CO3)cc2)nc1. The number of rotatable bonds is 6. The van der Waals surface area contributed by atoms with Crippen LogP contribution in [0.15, 0.2) is 36.7 Å². The van der Waals surface area contributed by atoms with Crippen molar-refractivity contribution in [3.05, 3.63) is 42.2 Å². The molecule has 2 aromatic rings. The normalized spacial score (nSPS) is 16.9. The molecule has 0 radical (unpaired) electrons. The van der Waals surface area contributed by atoms with Crippen molar-refractivity contribution in [3.63, 3.8) is 0 Å². The van der Waals surface area contributed by atoms with Crippen LogP contribution >= 0.6 is 0 Å². The van der Waals surface area contributed by atoms with Crippen molar-refractivity contribution < 1.29 is 14.2 Å². The lowest BCUT2D eigenvalue weighted by Crippen LogP contribution is -2.07. The fourth-order valence-electron chi connectivity index (χ4n) is 1.70. The molecule has 20 heavy (non-hydrogen) atoms. The molecular formula is C15H16N2O3. The first-order valence-corrected chi connectivity index (χ1v) is 6.52. The highest BCUT2D eigenvalue weighted by Gasteiger charge is 2.22. The molecular weight excluding hydrogens is 256 g/mol. The standard InChI is InChI=1S/C15H16N2O3/c1-11-6-16-15(17-7-11)12-2-4-13(5-3-12)20-10-18-8-14-9-19-14/h2-7,14H,8-10H2,1H3. The van der Waals surface area contributed by atoms with E-state index in [0.29, 0.717) is 12.4 Å². The van der Waals surface area contributed by atoms with E-state index in [1.807, 2.05) is 31.2 Å². The van der Waals surface area contributed by atoms with E-state index in [1.165, 1.54) is 0 Å². The van der Waals surface area contributed by atoms with Crippen LogP contribution in [0.25, 0.3) is 11.4 Å². The Bertz CT molecular complexity index is 550. The third-order valence-electron chi connectivity index (χ3n) is 2.91. The van der Waals surface area contributed by atoms with Crippen LogP contribution in [-0.4, -0.2) is 36.1 Å². The van der Waals surface area contributed by atoms with Gasteiger partial charge < -0.3 is 14.2 Å². The zero-order chi connectivity index (χ0) is 13.8. The Labute approximate surface area is 117 Å². The van der Waals surface area contributed by atoms with Crippen LogP contribution in [0.1, 0.15) is 5.56 Å². The molecule has 1 aliphatic heterocycles. The third kappa shape index (κ3) is 3.53. The second-order valence-electron chi connectivity index (χ2n) is 4.70. The molecule has 0 bridgehead atoms. The first-order chi connectivity index (χ1) is 9.81. The summed E-state index contributed by atoms with van der Waals surface area (Å²) in [5.41, 5.74) is 2.01. The topological polar surface area (TPSA) is 56.8 Å². The molecule has 1 atom stereocenters. The number of nitrogens with zero attached hydrogens (tertiary/aromatic N) is 2. The third-order valence-corrected chi connectivity index (χ3v) is 2.91. The molecule has 0 aliphatic carbocycles. The van der Waals surface area contributed by atoms with Crippen LogP contribution in [0.4, 0.5) is 0 Å². The monoisotopic (exact) mass is 272 g/mol. The minimum atomic E-state index is 0.236. The Morgan fingerprint density at radius 2 is 1.90 bits per heavy atom. The minimum Gasteiger partial charge on any atom is -0.468 e. The molecule has 1 aromatic heterocycles. The van der Waals surface area contributed by atoms with E-state index in [4.69, 9.17) is 14.2 Å². The van der Waals surface area contributed by atoms with E-state index in [1.54, 1.807) is 12.4 Å². The maximum absolute atomic E-state index is 5.48. The predicted octanol–water partition coefficient (Wildman–Crippen LogP) is 2.20. The highest BCUT2D eigenvalue weighted by atomic mass is 16.7. The first kappa shape index (κ1) is 13.0. The molecule has 0 spiro atoms. The van der Waals surface area contributed by atoms with E-state index < -0.39 is 0 Å². The number of benzene rings is 1. The van der Waals surface area contributed by atoms with Crippen LogP contribution in [0.5, 0.6) is 5.75 Å². The van der Waals surface area contributed by atoms with Gasteiger partial charge in [-0.1, -0.05) is 0 Å². The Kier molecular flexibility index (Phi) is 3.90. The lowest BCUT2D eigenvalue weighted by molar-refractivity contribution is 0.00822. The van der Waals surface area contributed by atoms with Gasteiger partial charge in [-0.2, -0.15) is 0 Å². The van der Waals surface area contributed by atoms with E-state index in [-0.39, 0.29) is 12.9 Å². The Morgan fingerprint density at radius 3 is 2.55 bits per heavy atom. The maximum Gasteiger partial charge on any atom is 0.189 e. The quantitative estimate of drug-likeness (QED) is 0.458. The van der Waals surface area contributed by atoms with Gasteiger partial charge >= 0.3 is 0 Å². The summed E-state index contributed by atoms with van der Waals surface area (Å²) in [5, 5.41) is 0. The number of aromatic nitrogens is 2. The van der Waals surface area contributed by atoms with Crippen LogP contribution < -0.4 is 4.74 Å². The van der Waals surface area contributed by atoms with Crippen molar-refractivity contribution in [2.75, 3.05) is 20.0 Å². The second kappa shape index (κ2) is 5.98. The van der Waals surface area contributed by atoms with E-state index in [9.17, 15) is 0 Å². The number of epoxide rings is 1. The van der Waals surface area contributed by atoms with E-state index >= 15 is 0 Å². The molecule has 1 aromatic carbocycles. The van der Waals surface area contributed by atoms with Gasteiger partial charge in [-0.25, -0.2) is 9.97 Å². The van der Waals surface area contributed by atoms with Gasteiger partial charge in [0.05, 0.1) is 13.2 Å². The average molecular weight is 272 g/mol. The molecule has 1 saturated heterocycles. The highest BCUT2D eigenvalue weighted by Crippen LogP contribution is 2.19.